The number of rotatable bonds is 8. The Kier molecular flexibility index (Phi) is 7.19. The van der Waals surface area contributed by atoms with E-state index >= 15 is 0 Å². The molecule has 1 aromatic carbocycles. The molecule has 0 saturated carbocycles. The topological polar surface area (TPSA) is 55.4 Å². The average molecular weight is 386 g/mol. The maximum atomic E-state index is 13.6. The van der Waals surface area contributed by atoms with Gasteiger partial charge in [0.1, 0.15) is 16.5 Å². The second-order valence-electron chi connectivity index (χ2n) is 4.72. The van der Waals surface area contributed by atoms with Crippen molar-refractivity contribution >= 4 is 26.0 Å². The monoisotopic (exact) mass is 385 g/mol. The summed E-state index contributed by atoms with van der Waals surface area (Å²) in [5.74, 6) is -1.97. The summed E-state index contributed by atoms with van der Waals surface area (Å²) in [6.45, 7) is 4.52. The van der Waals surface area contributed by atoms with Gasteiger partial charge in [-0.15, -0.1) is 0 Å². The van der Waals surface area contributed by atoms with E-state index in [1.807, 2.05) is 13.8 Å². The van der Waals surface area contributed by atoms with Crippen LogP contribution in [-0.2, 0) is 14.8 Å². The van der Waals surface area contributed by atoms with Crippen molar-refractivity contribution in [1.82, 2.24) is 4.72 Å². The fourth-order valence-corrected chi connectivity index (χ4v) is 3.85. The summed E-state index contributed by atoms with van der Waals surface area (Å²) >= 11 is 2.86. The molecule has 0 aliphatic heterocycles. The van der Waals surface area contributed by atoms with E-state index in [0.717, 1.165) is 6.07 Å². The molecule has 0 unspecified atom stereocenters. The predicted molar refractivity (Wildman–Crippen MR) is 79.6 cm³/mol. The first kappa shape index (κ1) is 18.5. The van der Waals surface area contributed by atoms with Crippen LogP contribution in [-0.4, -0.2) is 27.7 Å². The molecule has 0 aliphatic rings. The molecule has 0 amide bonds. The van der Waals surface area contributed by atoms with Crippen LogP contribution in [0.3, 0.4) is 0 Å². The highest BCUT2D eigenvalue weighted by atomic mass is 79.9. The van der Waals surface area contributed by atoms with Crippen LogP contribution in [0.15, 0.2) is 21.5 Å². The van der Waals surface area contributed by atoms with Crippen LogP contribution >= 0.6 is 15.9 Å². The minimum absolute atomic E-state index is 0.131. The fraction of sp³-hybridized carbons (Fsp3) is 0.538. The van der Waals surface area contributed by atoms with E-state index in [4.69, 9.17) is 4.74 Å². The smallest absolute Gasteiger partial charge is 0.244 e. The highest BCUT2D eigenvalue weighted by Gasteiger charge is 2.23. The van der Waals surface area contributed by atoms with Crippen molar-refractivity contribution in [1.29, 1.82) is 0 Å². The molecule has 0 aromatic heterocycles. The largest absolute Gasteiger partial charge is 0.379 e. The Morgan fingerprint density at radius 2 is 1.95 bits per heavy atom. The number of sulfonamides is 1. The molecule has 0 atom stereocenters. The molecular weight excluding hydrogens is 368 g/mol. The van der Waals surface area contributed by atoms with Crippen LogP contribution in [0.4, 0.5) is 8.78 Å². The molecule has 0 bridgehead atoms. The van der Waals surface area contributed by atoms with Gasteiger partial charge in [0.15, 0.2) is 0 Å². The lowest BCUT2D eigenvalue weighted by Gasteiger charge is -2.10. The van der Waals surface area contributed by atoms with Gasteiger partial charge >= 0.3 is 0 Å². The van der Waals surface area contributed by atoms with Gasteiger partial charge in [-0.05, 0) is 48.7 Å². The number of benzene rings is 1. The Morgan fingerprint density at radius 1 is 1.29 bits per heavy atom. The summed E-state index contributed by atoms with van der Waals surface area (Å²) in [6, 6.07) is 1.45. The van der Waals surface area contributed by atoms with Crippen LogP contribution in [0.2, 0.25) is 0 Å². The molecule has 120 valence electrons. The Hall–Kier alpha value is -0.570. The lowest BCUT2D eigenvalue weighted by atomic mass is 10.3. The van der Waals surface area contributed by atoms with Crippen molar-refractivity contribution in [2.45, 2.75) is 37.7 Å². The van der Waals surface area contributed by atoms with Crippen LogP contribution in [0.5, 0.6) is 0 Å². The molecule has 0 heterocycles. The first-order valence-electron chi connectivity index (χ1n) is 6.50. The zero-order chi connectivity index (χ0) is 16.0. The van der Waals surface area contributed by atoms with E-state index in [9.17, 15) is 17.2 Å². The van der Waals surface area contributed by atoms with Crippen molar-refractivity contribution < 1.29 is 21.9 Å². The van der Waals surface area contributed by atoms with E-state index in [0.29, 0.717) is 25.5 Å². The maximum absolute atomic E-state index is 13.6. The average Bonchev–Trinajstić information content (AvgIpc) is 2.31. The van der Waals surface area contributed by atoms with Gasteiger partial charge in [0.25, 0.3) is 0 Å². The number of ether oxygens (including phenoxy) is 1. The molecule has 1 rings (SSSR count). The van der Waals surface area contributed by atoms with Gasteiger partial charge in [-0.1, -0.05) is 0 Å². The number of hydrogen-bond donors (Lipinski definition) is 1. The summed E-state index contributed by atoms with van der Waals surface area (Å²) in [5.41, 5.74) is 0. The van der Waals surface area contributed by atoms with Crippen LogP contribution < -0.4 is 4.72 Å². The lowest BCUT2D eigenvalue weighted by molar-refractivity contribution is 0.0762. The minimum Gasteiger partial charge on any atom is -0.379 e. The van der Waals surface area contributed by atoms with E-state index in [-0.39, 0.29) is 17.1 Å². The molecule has 8 heteroatoms. The summed E-state index contributed by atoms with van der Waals surface area (Å²) < 4.78 is 58.0. The van der Waals surface area contributed by atoms with Gasteiger partial charge in [0.2, 0.25) is 10.0 Å². The van der Waals surface area contributed by atoms with Crippen molar-refractivity contribution in [2.75, 3.05) is 13.2 Å². The van der Waals surface area contributed by atoms with Gasteiger partial charge in [-0.25, -0.2) is 21.9 Å². The van der Waals surface area contributed by atoms with E-state index in [1.165, 1.54) is 0 Å². The Balaban J connectivity index is 2.59. The Morgan fingerprint density at radius 3 is 2.52 bits per heavy atom. The quantitative estimate of drug-likeness (QED) is 0.699. The Bertz CT molecular complexity index is 556. The molecule has 0 saturated heterocycles. The maximum Gasteiger partial charge on any atom is 0.244 e. The van der Waals surface area contributed by atoms with Gasteiger partial charge in [-0.3, -0.25) is 0 Å². The van der Waals surface area contributed by atoms with Gasteiger partial charge in [-0.2, -0.15) is 0 Å². The lowest BCUT2D eigenvalue weighted by Crippen LogP contribution is -2.26. The summed E-state index contributed by atoms with van der Waals surface area (Å²) in [6.07, 6.45) is 1.38. The standard InChI is InChI=1S/C13H18BrF2NO3S/c1-9(2)20-6-4-3-5-17-21(18,19)13-11(14)7-10(15)8-12(13)16/h7-9,17H,3-6H2,1-2H3. The fourth-order valence-electron chi connectivity index (χ4n) is 1.61. The van der Waals surface area contributed by atoms with Gasteiger partial charge in [0.05, 0.1) is 6.10 Å². The van der Waals surface area contributed by atoms with Crippen molar-refractivity contribution in [3.63, 3.8) is 0 Å². The molecule has 1 N–H and O–H groups in total. The summed E-state index contributed by atoms with van der Waals surface area (Å²) in [7, 11) is -4.02. The molecule has 4 nitrogen and oxygen atoms in total. The molecule has 0 spiro atoms. The second-order valence-corrected chi connectivity index (χ2v) is 7.28. The molecule has 0 radical (unpaired) electrons. The third-order valence-corrected chi connectivity index (χ3v) is 4.97. The zero-order valence-electron chi connectivity index (χ0n) is 11.8. The van der Waals surface area contributed by atoms with E-state index in [1.54, 1.807) is 0 Å². The highest BCUT2D eigenvalue weighted by molar-refractivity contribution is 9.10. The summed E-state index contributed by atoms with van der Waals surface area (Å²) in [4.78, 5) is -0.581. The van der Waals surface area contributed by atoms with Crippen molar-refractivity contribution in [3.8, 4) is 0 Å². The Labute approximate surface area is 132 Å². The molecular formula is C13H18BrF2NO3S. The second kappa shape index (κ2) is 8.17. The van der Waals surface area contributed by atoms with Crippen molar-refractivity contribution in [2.24, 2.45) is 0 Å². The predicted octanol–water partition coefficient (Wildman–Crippen LogP) is 3.21. The van der Waals surface area contributed by atoms with Crippen LogP contribution in [0, 0.1) is 11.6 Å². The minimum atomic E-state index is -4.02. The SMILES string of the molecule is CC(C)OCCCCNS(=O)(=O)c1c(F)cc(F)cc1Br. The van der Waals surface area contributed by atoms with Crippen LogP contribution in [0.25, 0.3) is 0 Å². The molecule has 0 aliphatic carbocycles. The normalized spacial score (nSPS) is 12.1. The molecule has 0 fully saturated rings. The van der Waals surface area contributed by atoms with Crippen LogP contribution in [0.1, 0.15) is 26.7 Å². The highest BCUT2D eigenvalue weighted by Crippen LogP contribution is 2.26. The first-order chi connectivity index (χ1) is 9.74. The number of hydrogen-bond acceptors (Lipinski definition) is 3. The van der Waals surface area contributed by atoms with E-state index in [2.05, 4.69) is 20.7 Å². The van der Waals surface area contributed by atoms with Gasteiger partial charge in [0, 0.05) is 23.7 Å². The van der Waals surface area contributed by atoms with E-state index < -0.39 is 26.6 Å². The molecule has 21 heavy (non-hydrogen) atoms. The third-order valence-electron chi connectivity index (χ3n) is 2.55. The molecule has 1 aromatic rings. The third kappa shape index (κ3) is 5.98. The first-order valence-corrected chi connectivity index (χ1v) is 8.77. The number of nitrogens with one attached hydrogen (secondary N) is 1. The van der Waals surface area contributed by atoms with Gasteiger partial charge < -0.3 is 4.74 Å². The number of unbranched alkanes of at least 4 members (excludes halogenated alkanes) is 1. The summed E-state index contributed by atoms with van der Waals surface area (Å²) in [5, 5.41) is 0. The number of halogens is 3. The van der Waals surface area contributed by atoms with Crippen molar-refractivity contribution in [3.05, 3.63) is 28.2 Å². The zero-order valence-corrected chi connectivity index (χ0v) is 14.2.